The molecule has 0 amide bonds. The molecule has 1 aliphatic heterocycles. The normalized spacial score (nSPS) is 18.7. The number of aromatic hydroxyl groups is 1. The molecule has 0 fully saturated rings. The quantitative estimate of drug-likeness (QED) is 0.894. The first-order chi connectivity index (χ1) is 9.16. The molecule has 0 aliphatic carbocycles. The molecule has 1 atom stereocenters. The first-order valence-corrected chi connectivity index (χ1v) is 6.58. The second kappa shape index (κ2) is 4.57. The monoisotopic (exact) mass is 255 g/mol. The molecule has 0 radical (unpaired) electrons. The van der Waals surface area contributed by atoms with Crippen LogP contribution in [0.4, 0.5) is 0 Å². The Morgan fingerprint density at radius 3 is 2.74 bits per heavy atom. The average molecular weight is 255 g/mol. The molecule has 0 aromatic heterocycles. The molecule has 3 nitrogen and oxygen atoms in total. The number of phenols is 1. The summed E-state index contributed by atoms with van der Waals surface area (Å²) in [6, 6.07) is 11.7. The fourth-order valence-electron chi connectivity index (χ4n) is 2.35. The molecule has 2 aromatic rings. The molecule has 2 aromatic carbocycles. The van der Waals surface area contributed by atoms with Crippen molar-refractivity contribution in [3.8, 4) is 5.75 Å². The van der Waals surface area contributed by atoms with Crippen LogP contribution in [0.15, 0.2) is 41.4 Å². The number of rotatable bonds is 2. The van der Waals surface area contributed by atoms with E-state index in [9.17, 15) is 5.11 Å². The van der Waals surface area contributed by atoms with Crippen LogP contribution in [0, 0.1) is 5.92 Å². The van der Waals surface area contributed by atoms with E-state index in [1.165, 1.54) is 0 Å². The largest absolute Gasteiger partial charge is 0.507 e. The predicted octanol–water partition coefficient (Wildman–Crippen LogP) is 3.35. The van der Waals surface area contributed by atoms with Crippen molar-refractivity contribution in [2.24, 2.45) is 10.9 Å². The van der Waals surface area contributed by atoms with E-state index < -0.39 is 0 Å². The van der Waals surface area contributed by atoms with E-state index in [4.69, 9.17) is 4.74 Å². The number of benzene rings is 2. The number of nitrogens with zero attached hydrogens (tertiary/aromatic N) is 1. The minimum Gasteiger partial charge on any atom is -0.507 e. The van der Waals surface area contributed by atoms with Crippen molar-refractivity contribution in [1.82, 2.24) is 0 Å². The van der Waals surface area contributed by atoms with E-state index in [0.717, 1.165) is 10.8 Å². The second-order valence-corrected chi connectivity index (χ2v) is 5.24. The number of ether oxygens (including phenoxy) is 1. The lowest BCUT2D eigenvalue weighted by Gasteiger charge is -2.08. The van der Waals surface area contributed by atoms with E-state index >= 15 is 0 Å². The third-order valence-electron chi connectivity index (χ3n) is 3.56. The third kappa shape index (κ3) is 2.05. The lowest BCUT2D eigenvalue weighted by molar-refractivity contribution is 0.291. The van der Waals surface area contributed by atoms with E-state index in [0.29, 0.717) is 24.0 Å². The van der Waals surface area contributed by atoms with Crippen molar-refractivity contribution >= 4 is 16.7 Å². The van der Waals surface area contributed by atoms with E-state index in [-0.39, 0.29) is 11.8 Å². The molecule has 1 N–H and O–H groups in total. The van der Waals surface area contributed by atoms with Crippen LogP contribution < -0.4 is 0 Å². The summed E-state index contributed by atoms with van der Waals surface area (Å²) in [6.45, 7) is 4.85. The lowest BCUT2D eigenvalue weighted by atomic mass is 10.0. The van der Waals surface area contributed by atoms with Gasteiger partial charge in [-0.2, -0.15) is 0 Å². The minimum atomic E-state index is 0.174. The molecule has 0 saturated carbocycles. The topological polar surface area (TPSA) is 41.8 Å². The van der Waals surface area contributed by atoms with Gasteiger partial charge in [-0.25, -0.2) is 4.99 Å². The van der Waals surface area contributed by atoms with Crippen molar-refractivity contribution in [3.05, 3.63) is 42.0 Å². The molecule has 1 heterocycles. The maximum Gasteiger partial charge on any atom is 0.221 e. The Kier molecular flexibility index (Phi) is 2.90. The van der Waals surface area contributed by atoms with Gasteiger partial charge in [-0.3, -0.25) is 0 Å². The summed E-state index contributed by atoms with van der Waals surface area (Å²) < 4.78 is 5.69. The number of fused-ring (bicyclic) bond motifs is 1. The molecule has 0 spiro atoms. The number of hydrogen-bond acceptors (Lipinski definition) is 3. The maximum atomic E-state index is 10.1. The average Bonchev–Trinajstić information content (AvgIpc) is 2.88. The molecule has 0 unspecified atom stereocenters. The van der Waals surface area contributed by atoms with Crippen LogP contribution in [0.1, 0.15) is 19.4 Å². The summed E-state index contributed by atoms with van der Waals surface area (Å²) >= 11 is 0. The molecule has 0 saturated heterocycles. The van der Waals surface area contributed by atoms with E-state index in [1.807, 2.05) is 30.3 Å². The number of aliphatic imine (C=N–C) groups is 1. The maximum absolute atomic E-state index is 10.1. The van der Waals surface area contributed by atoms with Gasteiger partial charge in [-0.1, -0.05) is 44.2 Å². The van der Waals surface area contributed by atoms with Crippen molar-refractivity contribution in [2.45, 2.75) is 19.9 Å². The van der Waals surface area contributed by atoms with Gasteiger partial charge in [-0.15, -0.1) is 0 Å². The van der Waals surface area contributed by atoms with Gasteiger partial charge < -0.3 is 9.84 Å². The smallest absolute Gasteiger partial charge is 0.221 e. The van der Waals surface area contributed by atoms with Crippen molar-refractivity contribution in [3.63, 3.8) is 0 Å². The van der Waals surface area contributed by atoms with Crippen LogP contribution in [0.2, 0.25) is 0 Å². The van der Waals surface area contributed by atoms with Crippen molar-refractivity contribution in [2.75, 3.05) is 6.61 Å². The zero-order chi connectivity index (χ0) is 13.4. The fraction of sp³-hybridized carbons (Fsp3) is 0.312. The molecule has 3 heteroatoms. The van der Waals surface area contributed by atoms with Crippen LogP contribution in [0.5, 0.6) is 5.75 Å². The highest BCUT2D eigenvalue weighted by Gasteiger charge is 2.25. The van der Waals surface area contributed by atoms with Gasteiger partial charge in [0.15, 0.2) is 0 Å². The van der Waals surface area contributed by atoms with Crippen molar-refractivity contribution in [1.29, 1.82) is 0 Å². The van der Waals surface area contributed by atoms with E-state index in [1.54, 1.807) is 6.07 Å². The Morgan fingerprint density at radius 2 is 2.00 bits per heavy atom. The van der Waals surface area contributed by atoms with Crippen LogP contribution in [-0.4, -0.2) is 23.7 Å². The Bertz CT molecular complexity index is 646. The Balaban J connectivity index is 2.15. The third-order valence-corrected chi connectivity index (χ3v) is 3.56. The van der Waals surface area contributed by atoms with Crippen LogP contribution >= 0.6 is 0 Å². The van der Waals surface area contributed by atoms with Crippen LogP contribution in [0.3, 0.4) is 0 Å². The molecule has 1 aliphatic rings. The second-order valence-electron chi connectivity index (χ2n) is 5.24. The first kappa shape index (κ1) is 12.0. The zero-order valence-electron chi connectivity index (χ0n) is 11.1. The van der Waals surface area contributed by atoms with Crippen molar-refractivity contribution < 1.29 is 9.84 Å². The lowest BCUT2D eigenvalue weighted by Crippen LogP contribution is -2.13. The van der Waals surface area contributed by atoms with Gasteiger partial charge in [0.1, 0.15) is 12.4 Å². The number of phenolic OH excluding ortho intramolecular Hbond substituents is 1. The summed E-state index contributed by atoms with van der Waals surface area (Å²) in [4.78, 5) is 4.60. The molecule has 3 rings (SSSR count). The van der Waals surface area contributed by atoms with Crippen LogP contribution in [-0.2, 0) is 4.74 Å². The van der Waals surface area contributed by atoms with E-state index in [2.05, 4.69) is 18.8 Å². The van der Waals surface area contributed by atoms with Gasteiger partial charge in [0.25, 0.3) is 0 Å². The molecule has 0 bridgehead atoms. The Labute approximate surface area is 112 Å². The van der Waals surface area contributed by atoms with Gasteiger partial charge >= 0.3 is 0 Å². The summed E-state index contributed by atoms with van der Waals surface area (Å²) in [5.41, 5.74) is 0.709. The summed E-state index contributed by atoms with van der Waals surface area (Å²) in [5.74, 6) is 1.23. The van der Waals surface area contributed by atoms with Gasteiger partial charge in [0, 0.05) is 0 Å². The van der Waals surface area contributed by atoms with Crippen LogP contribution in [0.25, 0.3) is 10.8 Å². The Morgan fingerprint density at radius 1 is 1.21 bits per heavy atom. The molecular formula is C16H17NO2. The molecule has 19 heavy (non-hydrogen) atoms. The summed E-state index contributed by atoms with van der Waals surface area (Å²) in [5, 5.41) is 12.2. The standard InChI is InChI=1S/C16H17NO2/c1-10(2)13-9-19-16(17-13)15-12-6-4-3-5-11(12)7-8-14(15)18/h3-8,10,13,18H,9H2,1-2H3/t13-/m1/s1. The zero-order valence-corrected chi connectivity index (χ0v) is 11.1. The van der Waals surface area contributed by atoms with Gasteiger partial charge in [0.2, 0.25) is 5.90 Å². The SMILES string of the molecule is CC(C)[C@H]1COC(c2c(O)ccc3ccccc23)=N1. The minimum absolute atomic E-state index is 0.174. The number of hydrogen-bond donors (Lipinski definition) is 1. The molecule has 98 valence electrons. The highest BCUT2D eigenvalue weighted by molar-refractivity contribution is 6.09. The highest BCUT2D eigenvalue weighted by atomic mass is 16.5. The summed E-state index contributed by atoms with van der Waals surface area (Å²) in [7, 11) is 0. The van der Waals surface area contributed by atoms with Gasteiger partial charge in [-0.05, 0) is 22.8 Å². The fourth-order valence-corrected chi connectivity index (χ4v) is 2.35. The predicted molar refractivity (Wildman–Crippen MR) is 76.7 cm³/mol. The first-order valence-electron chi connectivity index (χ1n) is 6.58. The highest BCUT2D eigenvalue weighted by Crippen LogP contribution is 2.30. The summed E-state index contributed by atoms with van der Waals surface area (Å²) in [6.07, 6.45) is 0. The van der Waals surface area contributed by atoms with Gasteiger partial charge in [0.05, 0.1) is 11.6 Å². The molecular weight excluding hydrogens is 238 g/mol. The Hall–Kier alpha value is -2.03.